The molecular weight excluding hydrogens is 124 g/mol. The van der Waals surface area contributed by atoms with Crippen molar-refractivity contribution in [1.82, 2.24) is 0 Å². The SMILES string of the molecule is OB(O)O.[Zn]. The molecule has 0 unspecified atom stereocenters. The topological polar surface area (TPSA) is 60.7 Å². The summed E-state index contributed by atoms with van der Waals surface area (Å²) >= 11 is 0. The van der Waals surface area contributed by atoms with E-state index in [1.807, 2.05) is 0 Å². The van der Waals surface area contributed by atoms with Crippen molar-refractivity contribution >= 4 is 7.32 Å². The molecule has 0 aliphatic carbocycles. The summed E-state index contributed by atoms with van der Waals surface area (Å²) in [6.07, 6.45) is 0. The van der Waals surface area contributed by atoms with Crippen LogP contribution < -0.4 is 0 Å². The Bertz CT molecular complexity index is 11.6. The summed E-state index contributed by atoms with van der Waals surface area (Å²) in [6, 6.07) is 0. The second kappa shape index (κ2) is 4.57. The van der Waals surface area contributed by atoms with Crippen LogP contribution in [-0.4, -0.2) is 22.4 Å². The molecular formula is H3BO3Zn. The summed E-state index contributed by atoms with van der Waals surface area (Å²) in [6.45, 7) is 0. The molecule has 3 nitrogen and oxygen atoms in total. The number of hydrogen-bond donors (Lipinski definition) is 3. The molecule has 0 saturated carbocycles. The predicted molar refractivity (Wildman–Crippen MR) is 12.4 cm³/mol. The fraction of sp³-hybridized carbons (Fsp3) is 0. The average molecular weight is 127 g/mol. The van der Waals surface area contributed by atoms with E-state index in [0.717, 1.165) is 0 Å². The zero-order valence-corrected chi connectivity index (χ0v) is 5.59. The molecule has 0 fully saturated rings. The third-order valence-electron chi connectivity index (χ3n) is 0. The van der Waals surface area contributed by atoms with Crippen molar-refractivity contribution in [3.05, 3.63) is 0 Å². The molecule has 0 saturated heterocycles. The molecule has 0 aromatic carbocycles. The fourth-order valence-corrected chi connectivity index (χ4v) is 0. The van der Waals surface area contributed by atoms with Gasteiger partial charge in [-0.1, -0.05) is 0 Å². The molecule has 26 valence electrons. The van der Waals surface area contributed by atoms with Crippen LogP contribution in [0.3, 0.4) is 0 Å². The van der Waals surface area contributed by atoms with E-state index in [9.17, 15) is 0 Å². The van der Waals surface area contributed by atoms with E-state index in [2.05, 4.69) is 0 Å². The average Bonchev–Trinajstić information content (AvgIpc) is 0.811. The minimum Gasteiger partial charge on any atom is -0.402 e. The van der Waals surface area contributed by atoms with Crippen molar-refractivity contribution in [2.45, 2.75) is 0 Å². The van der Waals surface area contributed by atoms with Crippen molar-refractivity contribution in [2.75, 3.05) is 0 Å². The molecule has 0 heterocycles. The van der Waals surface area contributed by atoms with Crippen LogP contribution in [0, 0.1) is 0 Å². The Labute approximate surface area is 42.6 Å². The molecule has 0 aromatic rings. The number of rotatable bonds is 0. The van der Waals surface area contributed by atoms with Gasteiger partial charge in [0.15, 0.2) is 0 Å². The van der Waals surface area contributed by atoms with Gasteiger partial charge < -0.3 is 15.1 Å². The van der Waals surface area contributed by atoms with Gasteiger partial charge in [-0.05, 0) is 0 Å². The van der Waals surface area contributed by atoms with Gasteiger partial charge in [-0.25, -0.2) is 0 Å². The summed E-state index contributed by atoms with van der Waals surface area (Å²) in [7, 11) is -2.17. The minimum atomic E-state index is -2.17. The summed E-state index contributed by atoms with van der Waals surface area (Å²) in [5.41, 5.74) is 0. The smallest absolute Gasteiger partial charge is 0.402 e. The van der Waals surface area contributed by atoms with Gasteiger partial charge in [-0.15, -0.1) is 0 Å². The van der Waals surface area contributed by atoms with Gasteiger partial charge in [0, 0.05) is 19.5 Å². The first-order valence-corrected chi connectivity index (χ1v) is 0.775. The molecule has 5 heteroatoms. The second-order valence-corrected chi connectivity index (χ2v) is 0.346. The third kappa shape index (κ3) is 93.3. The van der Waals surface area contributed by atoms with E-state index < -0.39 is 7.32 Å². The van der Waals surface area contributed by atoms with E-state index in [-0.39, 0.29) is 19.5 Å². The van der Waals surface area contributed by atoms with Crippen molar-refractivity contribution in [1.29, 1.82) is 0 Å². The van der Waals surface area contributed by atoms with Crippen LogP contribution in [0.5, 0.6) is 0 Å². The van der Waals surface area contributed by atoms with Crippen LogP contribution in [0.15, 0.2) is 0 Å². The minimum absolute atomic E-state index is 0. The van der Waals surface area contributed by atoms with Crippen molar-refractivity contribution in [3.63, 3.8) is 0 Å². The van der Waals surface area contributed by atoms with Crippen LogP contribution in [0.2, 0.25) is 0 Å². The molecule has 0 aliphatic heterocycles. The quantitative estimate of drug-likeness (QED) is 0.328. The van der Waals surface area contributed by atoms with Crippen molar-refractivity contribution in [2.24, 2.45) is 0 Å². The van der Waals surface area contributed by atoms with Gasteiger partial charge >= 0.3 is 7.32 Å². The van der Waals surface area contributed by atoms with E-state index in [1.165, 1.54) is 0 Å². The summed E-state index contributed by atoms with van der Waals surface area (Å²) < 4.78 is 0. The van der Waals surface area contributed by atoms with E-state index in [0.29, 0.717) is 0 Å². The first-order valence-electron chi connectivity index (χ1n) is 0.775. The molecule has 0 spiro atoms. The number of hydrogen-bond acceptors (Lipinski definition) is 3. The molecule has 0 radical (unpaired) electrons. The maximum absolute atomic E-state index is 7.17. The van der Waals surface area contributed by atoms with Crippen LogP contribution in [-0.2, 0) is 19.5 Å². The van der Waals surface area contributed by atoms with Crippen LogP contribution in [0.1, 0.15) is 0 Å². The molecule has 0 amide bonds. The third-order valence-corrected chi connectivity index (χ3v) is 0. The van der Waals surface area contributed by atoms with Gasteiger partial charge in [-0.2, -0.15) is 0 Å². The Kier molecular flexibility index (Phi) is 8.34. The van der Waals surface area contributed by atoms with Crippen LogP contribution in [0.4, 0.5) is 0 Å². The second-order valence-electron chi connectivity index (χ2n) is 0.346. The zero-order valence-electron chi connectivity index (χ0n) is 2.63. The first kappa shape index (κ1) is 9.13. The van der Waals surface area contributed by atoms with E-state index >= 15 is 0 Å². The molecule has 0 atom stereocenters. The Morgan fingerprint density at radius 2 is 1.00 bits per heavy atom. The Morgan fingerprint density at radius 1 is 1.00 bits per heavy atom. The first-order chi connectivity index (χ1) is 1.73. The monoisotopic (exact) mass is 126 g/mol. The van der Waals surface area contributed by atoms with E-state index in [4.69, 9.17) is 15.1 Å². The molecule has 5 heavy (non-hydrogen) atoms. The van der Waals surface area contributed by atoms with E-state index in [1.54, 1.807) is 0 Å². The maximum atomic E-state index is 7.17. The largest absolute Gasteiger partial charge is 0.631 e. The van der Waals surface area contributed by atoms with Gasteiger partial charge in [0.1, 0.15) is 0 Å². The Balaban J connectivity index is 0. The Morgan fingerprint density at radius 3 is 1.00 bits per heavy atom. The molecule has 0 bridgehead atoms. The van der Waals surface area contributed by atoms with Gasteiger partial charge in [0.05, 0.1) is 0 Å². The summed E-state index contributed by atoms with van der Waals surface area (Å²) in [4.78, 5) is 0. The van der Waals surface area contributed by atoms with Gasteiger partial charge in [0.2, 0.25) is 0 Å². The van der Waals surface area contributed by atoms with Crippen molar-refractivity contribution in [3.8, 4) is 0 Å². The normalized spacial score (nSPS) is 5.40. The van der Waals surface area contributed by atoms with Crippen LogP contribution in [0.25, 0.3) is 0 Å². The molecule has 3 N–H and O–H groups in total. The fourth-order valence-electron chi connectivity index (χ4n) is 0. The summed E-state index contributed by atoms with van der Waals surface area (Å²) in [5.74, 6) is 0. The molecule has 0 aliphatic rings. The predicted octanol–water partition coefficient (Wildman–Crippen LogP) is -2.05. The maximum Gasteiger partial charge on any atom is 0.631 e. The van der Waals surface area contributed by atoms with Gasteiger partial charge in [-0.3, -0.25) is 0 Å². The van der Waals surface area contributed by atoms with Crippen molar-refractivity contribution < 1.29 is 34.6 Å². The van der Waals surface area contributed by atoms with Crippen LogP contribution >= 0.6 is 0 Å². The zero-order chi connectivity index (χ0) is 3.58. The molecule has 0 rings (SSSR count). The Hall–Kier alpha value is 0.568. The van der Waals surface area contributed by atoms with Gasteiger partial charge in [0.25, 0.3) is 0 Å². The molecule has 0 aromatic heterocycles. The summed E-state index contributed by atoms with van der Waals surface area (Å²) in [5, 5.41) is 21.5. The standard InChI is InChI=1S/BH3O3.Zn/c2-1(3)4;/h2-4H;.